The van der Waals surface area contributed by atoms with Crippen molar-refractivity contribution in [1.82, 2.24) is 20.7 Å². The second-order valence-corrected chi connectivity index (χ2v) is 9.12. The minimum absolute atomic E-state index is 0.247. The topological polar surface area (TPSA) is 30.5 Å². The molecule has 142 valence electrons. The smallest absolute Gasteiger partial charge is 0.0370 e. The van der Waals surface area contributed by atoms with Gasteiger partial charge in [-0.15, -0.1) is 0 Å². The Labute approximate surface area is 155 Å². The van der Waals surface area contributed by atoms with E-state index in [1.807, 2.05) is 0 Å². The van der Waals surface area contributed by atoms with Gasteiger partial charge >= 0.3 is 0 Å². The Balaban J connectivity index is 1.99. The number of piperazine rings is 1. The summed E-state index contributed by atoms with van der Waals surface area (Å²) in [6.07, 6.45) is 4.57. The molecule has 1 saturated carbocycles. The molecule has 1 aliphatic heterocycles. The molecule has 1 aliphatic carbocycles. The zero-order valence-electron chi connectivity index (χ0n) is 17.4. The van der Waals surface area contributed by atoms with E-state index in [1.165, 1.54) is 29.6 Å². The highest BCUT2D eigenvalue weighted by atomic mass is 15.4. The van der Waals surface area contributed by atoms with Gasteiger partial charge in [-0.2, -0.15) is 0 Å². The molecule has 0 bridgehead atoms. The van der Waals surface area contributed by atoms with Crippen LogP contribution in [0.5, 0.6) is 0 Å². The lowest BCUT2D eigenvalue weighted by atomic mass is 9.98. The van der Waals surface area contributed by atoms with E-state index in [1.54, 1.807) is 0 Å². The van der Waals surface area contributed by atoms with E-state index in [0.29, 0.717) is 0 Å². The van der Waals surface area contributed by atoms with E-state index in [2.05, 4.69) is 81.9 Å². The third-order valence-corrected chi connectivity index (χ3v) is 5.46. The molecule has 0 aromatic carbocycles. The van der Waals surface area contributed by atoms with Crippen molar-refractivity contribution < 1.29 is 0 Å². The van der Waals surface area contributed by atoms with Gasteiger partial charge in [0.15, 0.2) is 0 Å². The molecule has 0 unspecified atom stereocenters. The fourth-order valence-corrected chi connectivity index (χ4v) is 3.42. The molecule has 2 N–H and O–H groups in total. The molecule has 4 nitrogen and oxygen atoms in total. The zero-order valence-corrected chi connectivity index (χ0v) is 17.4. The van der Waals surface area contributed by atoms with E-state index < -0.39 is 0 Å². The summed E-state index contributed by atoms with van der Waals surface area (Å²) in [5, 5.41) is 0. The minimum atomic E-state index is 0.247. The van der Waals surface area contributed by atoms with E-state index in [4.69, 9.17) is 0 Å². The second kappa shape index (κ2) is 7.55. The number of hydrogen-bond donors (Lipinski definition) is 2. The predicted octanol–water partition coefficient (Wildman–Crippen LogP) is 3.80. The Bertz CT molecular complexity index is 549. The van der Waals surface area contributed by atoms with Crippen LogP contribution in [0.15, 0.2) is 35.2 Å². The van der Waals surface area contributed by atoms with Crippen LogP contribution < -0.4 is 10.9 Å². The summed E-state index contributed by atoms with van der Waals surface area (Å²) in [7, 11) is 0. The van der Waals surface area contributed by atoms with Gasteiger partial charge in [-0.3, -0.25) is 4.90 Å². The average molecular weight is 347 g/mol. The standard InChI is InChI=1S/C21H38N4/c1-16(2)19(17(3)15-22-23-21(8)9-10-21)18(4)24-11-13-25(14-12-24)20(5,6)7/h15,22-23H,4,9-14H2,1-3,5-8H3/b17-15+. The molecule has 1 heterocycles. The first-order valence-corrected chi connectivity index (χ1v) is 9.60. The molecule has 1 saturated heterocycles. The number of rotatable bonds is 6. The van der Waals surface area contributed by atoms with Crippen molar-refractivity contribution in [2.75, 3.05) is 26.2 Å². The van der Waals surface area contributed by atoms with Crippen LogP contribution in [-0.4, -0.2) is 47.1 Å². The van der Waals surface area contributed by atoms with Gasteiger partial charge in [0.1, 0.15) is 0 Å². The summed E-state index contributed by atoms with van der Waals surface area (Å²) in [6, 6.07) is 0. The van der Waals surface area contributed by atoms with Gasteiger partial charge in [0.2, 0.25) is 0 Å². The first kappa shape index (κ1) is 20.1. The van der Waals surface area contributed by atoms with E-state index in [-0.39, 0.29) is 11.1 Å². The van der Waals surface area contributed by atoms with Crippen molar-refractivity contribution in [2.24, 2.45) is 0 Å². The molecule has 0 amide bonds. The van der Waals surface area contributed by atoms with Gasteiger partial charge in [0, 0.05) is 54.7 Å². The molecule has 0 spiro atoms. The van der Waals surface area contributed by atoms with Crippen LogP contribution in [0.25, 0.3) is 0 Å². The third kappa shape index (κ3) is 5.35. The molecule has 2 aliphatic rings. The van der Waals surface area contributed by atoms with Crippen molar-refractivity contribution in [3.63, 3.8) is 0 Å². The maximum absolute atomic E-state index is 4.44. The third-order valence-electron chi connectivity index (χ3n) is 5.46. The molecule has 2 fully saturated rings. The van der Waals surface area contributed by atoms with Crippen molar-refractivity contribution in [3.8, 4) is 0 Å². The number of nitrogens with one attached hydrogen (secondary N) is 2. The highest BCUT2D eigenvalue weighted by Gasteiger charge is 2.36. The van der Waals surface area contributed by atoms with Gasteiger partial charge in [-0.1, -0.05) is 12.2 Å². The summed E-state index contributed by atoms with van der Waals surface area (Å²) >= 11 is 0. The van der Waals surface area contributed by atoms with Gasteiger partial charge in [0.25, 0.3) is 0 Å². The Morgan fingerprint density at radius 3 is 2.04 bits per heavy atom. The number of nitrogens with zero attached hydrogens (tertiary/aromatic N) is 2. The van der Waals surface area contributed by atoms with Gasteiger partial charge in [0.05, 0.1) is 0 Å². The molecule has 25 heavy (non-hydrogen) atoms. The Morgan fingerprint density at radius 2 is 1.60 bits per heavy atom. The van der Waals surface area contributed by atoms with Crippen LogP contribution >= 0.6 is 0 Å². The predicted molar refractivity (Wildman–Crippen MR) is 108 cm³/mol. The molecular weight excluding hydrogens is 308 g/mol. The summed E-state index contributed by atoms with van der Waals surface area (Å²) in [5.41, 5.74) is 12.2. The van der Waals surface area contributed by atoms with Crippen molar-refractivity contribution in [1.29, 1.82) is 0 Å². The maximum Gasteiger partial charge on any atom is 0.0370 e. The quantitative estimate of drug-likeness (QED) is 0.566. The van der Waals surface area contributed by atoms with Crippen LogP contribution in [0.4, 0.5) is 0 Å². The molecule has 0 aromatic rings. The zero-order chi connectivity index (χ0) is 18.8. The SMILES string of the molecule is C=C(C(=C(C)C)/C(C)=C/NNC1(C)CC1)N1CCN(C(C)(C)C)CC1. The van der Waals surface area contributed by atoms with Gasteiger partial charge in [-0.25, -0.2) is 5.43 Å². The van der Waals surface area contributed by atoms with Crippen LogP contribution in [0.2, 0.25) is 0 Å². The lowest BCUT2D eigenvalue weighted by Gasteiger charge is -2.44. The molecule has 0 radical (unpaired) electrons. The number of allylic oxidation sites excluding steroid dienone is 2. The number of hydrogen-bond acceptors (Lipinski definition) is 4. The number of hydrazine groups is 1. The lowest BCUT2D eigenvalue weighted by molar-refractivity contribution is 0.0775. The van der Waals surface area contributed by atoms with Gasteiger partial charge < -0.3 is 10.3 Å². The van der Waals surface area contributed by atoms with Crippen molar-refractivity contribution >= 4 is 0 Å². The lowest BCUT2D eigenvalue weighted by Crippen LogP contribution is -2.53. The molecule has 2 rings (SSSR count). The van der Waals surface area contributed by atoms with E-state index in [9.17, 15) is 0 Å². The fourth-order valence-electron chi connectivity index (χ4n) is 3.42. The highest BCUT2D eigenvalue weighted by Crippen LogP contribution is 2.33. The normalized spacial score (nSPS) is 21.1. The van der Waals surface area contributed by atoms with Crippen molar-refractivity contribution in [2.45, 2.75) is 72.4 Å². The van der Waals surface area contributed by atoms with Crippen LogP contribution in [0.3, 0.4) is 0 Å². The first-order valence-electron chi connectivity index (χ1n) is 9.60. The van der Waals surface area contributed by atoms with E-state index >= 15 is 0 Å². The van der Waals surface area contributed by atoms with E-state index in [0.717, 1.165) is 31.9 Å². The largest absolute Gasteiger partial charge is 0.369 e. The van der Waals surface area contributed by atoms with Gasteiger partial charge in [-0.05, 0) is 66.9 Å². The summed E-state index contributed by atoms with van der Waals surface area (Å²) in [5.74, 6) is 0. The van der Waals surface area contributed by atoms with Crippen LogP contribution in [0.1, 0.15) is 61.3 Å². The Morgan fingerprint density at radius 1 is 1.04 bits per heavy atom. The first-order chi connectivity index (χ1) is 11.5. The minimum Gasteiger partial charge on any atom is -0.369 e. The average Bonchev–Trinajstić information content (AvgIpc) is 3.24. The highest BCUT2D eigenvalue weighted by molar-refractivity contribution is 5.46. The Hall–Kier alpha value is -1.26. The monoisotopic (exact) mass is 346 g/mol. The molecule has 4 heteroatoms. The summed E-state index contributed by atoms with van der Waals surface area (Å²) in [6.45, 7) is 24.4. The maximum atomic E-state index is 4.44. The van der Waals surface area contributed by atoms with Crippen molar-refractivity contribution in [3.05, 3.63) is 35.2 Å². The second-order valence-electron chi connectivity index (χ2n) is 9.12. The van der Waals surface area contributed by atoms with Crippen LogP contribution in [-0.2, 0) is 0 Å². The molecular formula is C21H38N4. The molecule has 0 aromatic heterocycles. The molecule has 0 atom stereocenters. The Kier molecular flexibility index (Phi) is 6.05. The summed E-state index contributed by atoms with van der Waals surface area (Å²) in [4.78, 5) is 5.00. The summed E-state index contributed by atoms with van der Waals surface area (Å²) < 4.78 is 0. The van der Waals surface area contributed by atoms with Crippen LogP contribution in [0, 0.1) is 0 Å². The fraction of sp³-hybridized carbons (Fsp3) is 0.714.